The summed E-state index contributed by atoms with van der Waals surface area (Å²) in [6, 6.07) is 3.76. The summed E-state index contributed by atoms with van der Waals surface area (Å²) in [6.45, 7) is 6.68. The molecule has 1 aromatic rings. The van der Waals surface area contributed by atoms with Crippen LogP contribution in [0.3, 0.4) is 0 Å². The van der Waals surface area contributed by atoms with Crippen molar-refractivity contribution in [1.29, 1.82) is 0 Å². The highest BCUT2D eigenvalue weighted by molar-refractivity contribution is 6.31. The molecule has 0 unspecified atom stereocenters. The summed E-state index contributed by atoms with van der Waals surface area (Å²) in [4.78, 5) is 16.7. The Morgan fingerprint density at radius 2 is 1.88 bits per heavy atom. The van der Waals surface area contributed by atoms with Gasteiger partial charge in [-0.15, -0.1) is 12.4 Å². The minimum atomic E-state index is -0.149. The number of halogens is 2. The molecule has 5 nitrogen and oxygen atoms in total. The van der Waals surface area contributed by atoms with Gasteiger partial charge in [0.05, 0.1) is 5.92 Å². The van der Waals surface area contributed by atoms with E-state index in [1.54, 1.807) is 0 Å². The number of guanidine groups is 1. The molecule has 0 aliphatic heterocycles. The third kappa shape index (κ3) is 6.06. The number of nitrogens with zero attached hydrogens (tertiary/aromatic N) is 1. The van der Waals surface area contributed by atoms with Crippen LogP contribution in [0.2, 0.25) is 5.02 Å². The average Bonchev–Trinajstić information content (AvgIpc) is 2.56. The molecule has 26 heavy (non-hydrogen) atoms. The summed E-state index contributed by atoms with van der Waals surface area (Å²) in [5.41, 5.74) is 12.6. The summed E-state index contributed by atoms with van der Waals surface area (Å²) in [6.07, 6.45) is 3.50. The molecule has 4 N–H and O–H groups in total. The predicted molar refractivity (Wildman–Crippen MR) is 109 cm³/mol. The zero-order valence-electron chi connectivity index (χ0n) is 15.6. The zero-order chi connectivity index (χ0) is 18.6. The van der Waals surface area contributed by atoms with E-state index in [0.717, 1.165) is 36.8 Å². The number of ether oxygens (including phenoxy) is 1. The summed E-state index contributed by atoms with van der Waals surface area (Å²) < 4.78 is 5.75. The highest BCUT2D eigenvalue weighted by Gasteiger charge is 2.28. The van der Waals surface area contributed by atoms with Gasteiger partial charge in [-0.25, -0.2) is 0 Å². The first-order valence-corrected chi connectivity index (χ1v) is 9.22. The van der Waals surface area contributed by atoms with Crippen molar-refractivity contribution in [3.63, 3.8) is 0 Å². The molecule has 7 heteroatoms. The second kappa shape index (κ2) is 10.0. The molecular formula is C19H29Cl2N3O2. The minimum Gasteiger partial charge on any atom is -0.426 e. The summed E-state index contributed by atoms with van der Waals surface area (Å²) >= 11 is 6.21. The van der Waals surface area contributed by atoms with Gasteiger partial charge < -0.3 is 16.2 Å². The summed E-state index contributed by atoms with van der Waals surface area (Å²) in [5, 5.41) is 0.698. The first kappa shape index (κ1) is 22.6. The fourth-order valence-corrected chi connectivity index (χ4v) is 3.39. The highest BCUT2D eigenvalue weighted by atomic mass is 35.5. The SMILES string of the molecule is Cc1cc(OC(=O)C2CCC(CN=C(N)N)CC2)c(C(C)C)cc1Cl.Cl. The Hall–Kier alpha value is -1.46. The lowest BCUT2D eigenvalue weighted by atomic mass is 9.82. The fourth-order valence-electron chi connectivity index (χ4n) is 3.22. The number of benzene rings is 1. The molecule has 1 aromatic carbocycles. The summed E-state index contributed by atoms with van der Waals surface area (Å²) in [5.74, 6) is 1.21. The number of aryl methyl sites for hydroxylation is 1. The van der Waals surface area contributed by atoms with Crippen molar-refractivity contribution in [1.82, 2.24) is 0 Å². The average molecular weight is 402 g/mol. The maximum atomic E-state index is 12.6. The predicted octanol–water partition coefficient (Wildman–Crippen LogP) is 4.18. The van der Waals surface area contributed by atoms with E-state index in [0.29, 0.717) is 23.2 Å². The molecule has 0 radical (unpaired) electrons. The van der Waals surface area contributed by atoms with E-state index in [2.05, 4.69) is 18.8 Å². The maximum absolute atomic E-state index is 12.6. The number of carbonyl (C=O) groups is 1. The second-order valence-electron chi connectivity index (χ2n) is 7.20. The van der Waals surface area contributed by atoms with Crippen LogP contribution in [0.25, 0.3) is 0 Å². The van der Waals surface area contributed by atoms with Gasteiger partial charge in [0.25, 0.3) is 0 Å². The van der Waals surface area contributed by atoms with Gasteiger partial charge in [0.15, 0.2) is 5.96 Å². The molecule has 1 fully saturated rings. The standard InChI is InChI=1S/C19H28ClN3O2.ClH/c1-11(2)15-9-16(20)12(3)8-17(15)25-18(24)14-6-4-13(5-7-14)10-23-19(21)22;/h8-9,11,13-14H,4-7,10H2,1-3H3,(H4,21,22,23);1H. The molecule has 1 aliphatic carbocycles. The van der Waals surface area contributed by atoms with Crippen LogP contribution in [0, 0.1) is 18.8 Å². The third-order valence-electron chi connectivity index (χ3n) is 4.84. The smallest absolute Gasteiger partial charge is 0.314 e. The second-order valence-corrected chi connectivity index (χ2v) is 7.61. The van der Waals surface area contributed by atoms with Gasteiger partial charge in [0.1, 0.15) is 5.75 Å². The van der Waals surface area contributed by atoms with Crippen LogP contribution < -0.4 is 16.2 Å². The Morgan fingerprint density at radius 1 is 1.27 bits per heavy atom. The van der Waals surface area contributed by atoms with Crippen molar-refractivity contribution in [3.05, 3.63) is 28.3 Å². The van der Waals surface area contributed by atoms with Gasteiger partial charge >= 0.3 is 5.97 Å². The fraction of sp³-hybridized carbons (Fsp3) is 0.579. The Bertz CT molecular complexity index is 650. The van der Waals surface area contributed by atoms with Gasteiger partial charge in [-0.05, 0) is 67.7 Å². The van der Waals surface area contributed by atoms with Gasteiger partial charge in [-0.1, -0.05) is 25.4 Å². The van der Waals surface area contributed by atoms with E-state index in [1.165, 1.54) is 0 Å². The largest absolute Gasteiger partial charge is 0.426 e. The number of nitrogens with two attached hydrogens (primary N) is 2. The molecule has 0 aromatic heterocycles. The van der Waals surface area contributed by atoms with Gasteiger partial charge in [0.2, 0.25) is 0 Å². The van der Waals surface area contributed by atoms with Gasteiger partial charge in [0, 0.05) is 11.6 Å². The Morgan fingerprint density at radius 3 is 2.42 bits per heavy atom. The molecule has 1 aliphatic rings. The molecular weight excluding hydrogens is 373 g/mol. The number of aliphatic imine (C=N–C) groups is 1. The lowest BCUT2D eigenvalue weighted by Crippen LogP contribution is -2.28. The lowest BCUT2D eigenvalue weighted by molar-refractivity contribution is -0.140. The van der Waals surface area contributed by atoms with Gasteiger partial charge in [-0.2, -0.15) is 0 Å². The van der Waals surface area contributed by atoms with E-state index < -0.39 is 0 Å². The number of esters is 1. The Balaban J connectivity index is 0.00000338. The first-order valence-electron chi connectivity index (χ1n) is 8.85. The van der Waals surface area contributed by atoms with Crippen LogP contribution >= 0.6 is 24.0 Å². The van der Waals surface area contributed by atoms with Crippen LogP contribution in [0.4, 0.5) is 0 Å². The molecule has 2 rings (SSSR count). The van der Waals surface area contributed by atoms with E-state index in [-0.39, 0.29) is 36.2 Å². The van der Waals surface area contributed by atoms with E-state index >= 15 is 0 Å². The zero-order valence-corrected chi connectivity index (χ0v) is 17.2. The van der Waals surface area contributed by atoms with Crippen LogP contribution in [-0.2, 0) is 4.79 Å². The Labute approximate surface area is 166 Å². The highest BCUT2D eigenvalue weighted by Crippen LogP contribution is 2.34. The molecule has 146 valence electrons. The number of rotatable bonds is 5. The number of carbonyl (C=O) groups excluding carboxylic acids is 1. The summed E-state index contributed by atoms with van der Waals surface area (Å²) in [7, 11) is 0. The first-order chi connectivity index (χ1) is 11.8. The molecule has 0 atom stereocenters. The van der Waals surface area contributed by atoms with E-state index in [4.69, 9.17) is 27.8 Å². The topological polar surface area (TPSA) is 90.7 Å². The molecule has 0 bridgehead atoms. The molecule has 0 saturated heterocycles. The van der Waals surface area contributed by atoms with Crippen molar-refractivity contribution in [3.8, 4) is 5.75 Å². The quantitative estimate of drug-likeness (QED) is 0.335. The maximum Gasteiger partial charge on any atom is 0.314 e. The normalized spacial score (nSPS) is 19.6. The third-order valence-corrected chi connectivity index (χ3v) is 5.24. The Kier molecular flexibility index (Phi) is 8.71. The molecule has 0 amide bonds. The minimum absolute atomic E-state index is 0. The number of hydrogen-bond acceptors (Lipinski definition) is 3. The van der Waals surface area contributed by atoms with E-state index in [1.807, 2.05) is 19.1 Å². The van der Waals surface area contributed by atoms with Crippen LogP contribution in [0.15, 0.2) is 17.1 Å². The van der Waals surface area contributed by atoms with Crippen molar-refractivity contribution in [2.24, 2.45) is 28.3 Å². The van der Waals surface area contributed by atoms with E-state index in [9.17, 15) is 4.79 Å². The number of hydrogen-bond donors (Lipinski definition) is 2. The monoisotopic (exact) mass is 401 g/mol. The van der Waals surface area contributed by atoms with Crippen molar-refractivity contribution in [2.45, 2.75) is 52.4 Å². The van der Waals surface area contributed by atoms with Crippen molar-refractivity contribution < 1.29 is 9.53 Å². The molecule has 1 saturated carbocycles. The van der Waals surface area contributed by atoms with Crippen LogP contribution in [0.5, 0.6) is 5.75 Å². The van der Waals surface area contributed by atoms with Crippen molar-refractivity contribution >= 4 is 35.9 Å². The lowest BCUT2D eigenvalue weighted by Gasteiger charge is -2.26. The molecule has 0 heterocycles. The van der Waals surface area contributed by atoms with Crippen molar-refractivity contribution in [2.75, 3.05) is 6.54 Å². The molecule has 0 spiro atoms. The van der Waals surface area contributed by atoms with Gasteiger partial charge in [-0.3, -0.25) is 9.79 Å². The van der Waals surface area contributed by atoms with Crippen LogP contribution in [-0.4, -0.2) is 18.5 Å². The van der Waals surface area contributed by atoms with Crippen LogP contribution in [0.1, 0.15) is 56.6 Å².